The van der Waals surface area contributed by atoms with Crippen LogP contribution in [0.25, 0.3) is 99.5 Å². The van der Waals surface area contributed by atoms with Crippen molar-refractivity contribution in [1.82, 2.24) is 9.13 Å². The first-order chi connectivity index (χ1) is 27.8. The van der Waals surface area contributed by atoms with E-state index in [2.05, 4.69) is 228 Å². The van der Waals surface area contributed by atoms with Gasteiger partial charge >= 0.3 is 0 Å². The summed E-state index contributed by atoms with van der Waals surface area (Å²) in [4.78, 5) is 0. The highest BCUT2D eigenvalue weighted by Crippen LogP contribution is 2.42. The van der Waals surface area contributed by atoms with E-state index in [0.717, 1.165) is 11.4 Å². The number of rotatable bonds is 6. The lowest BCUT2D eigenvalue weighted by Crippen LogP contribution is -1.96. The van der Waals surface area contributed by atoms with Gasteiger partial charge in [-0.3, -0.25) is 0 Å². The Balaban J connectivity index is 1.10. The Morgan fingerprint density at radius 3 is 1.34 bits per heavy atom. The molecule has 0 bridgehead atoms. The Morgan fingerprint density at radius 2 is 0.696 bits per heavy atom. The van der Waals surface area contributed by atoms with Gasteiger partial charge in [-0.1, -0.05) is 158 Å². The summed E-state index contributed by atoms with van der Waals surface area (Å²) >= 11 is 0. The second-order valence-corrected chi connectivity index (χ2v) is 14.6. The molecule has 0 aliphatic rings. The number of aromatic nitrogens is 2. The van der Waals surface area contributed by atoms with Crippen LogP contribution >= 0.6 is 0 Å². The zero-order valence-corrected chi connectivity index (χ0v) is 30.7. The van der Waals surface area contributed by atoms with E-state index < -0.39 is 0 Å². The molecule has 9 aromatic carbocycles. The fourth-order valence-electron chi connectivity index (χ4n) is 8.73. The number of benzene rings is 9. The van der Waals surface area contributed by atoms with Crippen LogP contribution in [0.5, 0.6) is 0 Å². The molecule has 2 heterocycles. The molecular formula is C54H36N2. The van der Waals surface area contributed by atoms with Gasteiger partial charge in [0.2, 0.25) is 0 Å². The Labute approximate surface area is 325 Å². The summed E-state index contributed by atoms with van der Waals surface area (Å²) in [6.07, 6.45) is 0. The minimum absolute atomic E-state index is 1.14. The predicted molar refractivity (Wildman–Crippen MR) is 237 cm³/mol. The van der Waals surface area contributed by atoms with Crippen LogP contribution in [0.3, 0.4) is 0 Å². The van der Waals surface area contributed by atoms with Crippen molar-refractivity contribution in [3.05, 3.63) is 218 Å². The van der Waals surface area contributed by atoms with Gasteiger partial charge in [-0.05, 0) is 105 Å². The summed E-state index contributed by atoms with van der Waals surface area (Å²) in [6, 6.07) is 79.4. The first-order valence-electron chi connectivity index (χ1n) is 19.3. The van der Waals surface area contributed by atoms with E-state index in [1.807, 2.05) is 0 Å². The molecule has 2 nitrogen and oxygen atoms in total. The number of hydrogen-bond acceptors (Lipinski definition) is 0. The van der Waals surface area contributed by atoms with Gasteiger partial charge in [0.15, 0.2) is 0 Å². The molecule has 0 atom stereocenters. The Kier molecular flexibility index (Phi) is 7.53. The zero-order chi connectivity index (χ0) is 37.0. The van der Waals surface area contributed by atoms with Crippen LogP contribution in [-0.4, -0.2) is 9.13 Å². The minimum Gasteiger partial charge on any atom is -0.309 e. The third-order valence-electron chi connectivity index (χ3n) is 11.3. The maximum atomic E-state index is 2.45. The van der Waals surface area contributed by atoms with Crippen molar-refractivity contribution in [3.8, 4) is 55.9 Å². The molecule has 0 N–H and O–H groups in total. The minimum atomic E-state index is 1.14. The molecule has 0 spiro atoms. The average molecular weight is 713 g/mol. The first kappa shape index (κ1) is 32.0. The molecule has 0 aliphatic heterocycles. The Hall–Kier alpha value is -7.42. The lowest BCUT2D eigenvalue weighted by atomic mass is 9.97. The van der Waals surface area contributed by atoms with Gasteiger partial charge in [0.25, 0.3) is 0 Å². The van der Waals surface area contributed by atoms with Gasteiger partial charge in [0.1, 0.15) is 0 Å². The lowest BCUT2D eigenvalue weighted by Gasteiger charge is -2.14. The van der Waals surface area contributed by atoms with Gasteiger partial charge in [-0.25, -0.2) is 0 Å². The van der Waals surface area contributed by atoms with E-state index in [1.54, 1.807) is 0 Å². The van der Waals surface area contributed by atoms with Crippen molar-refractivity contribution in [3.63, 3.8) is 0 Å². The van der Waals surface area contributed by atoms with Crippen LogP contribution in [0.15, 0.2) is 218 Å². The number of hydrogen-bond donors (Lipinski definition) is 0. The molecule has 262 valence electrons. The molecule has 11 aromatic rings. The monoisotopic (exact) mass is 712 g/mol. The highest BCUT2D eigenvalue weighted by molar-refractivity contribution is 6.17. The molecule has 0 unspecified atom stereocenters. The maximum Gasteiger partial charge on any atom is 0.0547 e. The molecule has 56 heavy (non-hydrogen) atoms. The SMILES string of the molecule is c1ccc(-c2ccc(-n3c4ccccc4c4cc(-c5cccc6c5c5ccccc5n6-c5cc(-c6ccccc6)cc(-c6ccccc6)c5)ccc43)cc2)cc1. The summed E-state index contributed by atoms with van der Waals surface area (Å²) in [6.45, 7) is 0. The molecule has 0 aliphatic carbocycles. The molecule has 2 aromatic heterocycles. The highest BCUT2D eigenvalue weighted by Gasteiger charge is 2.19. The fraction of sp³-hybridized carbons (Fsp3) is 0. The number of nitrogens with zero attached hydrogens (tertiary/aromatic N) is 2. The quantitative estimate of drug-likeness (QED) is 0.162. The lowest BCUT2D eigenvalue weighted by molar-refractivity contribution is 1.18. The topological polar surface area (TPSA) is 9.86 Å². The second kappa shape index (κ2) is 13.2. The maximum absolute atomic E-state index is 2.45. The molecule has 0 amide bonds. The smallest absolute Gasteiger partial charge is 0.0547 e. The summed E-state index contributed by atoms with van der Waals surface area (Å²) in [7, 11) is 0. The van der Waals surface area contributed by atoms with E-state index in [0.29, 0.717) is 0 Å². The normalized spacial score (nSPS) is 11.6. The summed E-state index contributed by atoms with van der Waals surface area (Å²) in [5.41, 5.74) is 16.7. The van der Waals surface area contributed by atoms with Crippen molar-refractivity contribution in [2.45, 2.75) is 0 Å². The van der Waals surface area contributed by atoms with Crippen LogP contribution in [0.4, 0.5) is 0 Å². The van der Waals surface area contributed by atoms with E-state index in [1.165, 1.54) is 88.1 Å². The second-order valence-electron chi connectivity index (χ2n) is 14.6. The molecule has 2 heteroatoms. The van der Waals surface area contributed by atoms with Gasteiger partial charge in [-0.15, -0.1) is 0 Å². The molecule has 0 saturated heterocycles. The summed E-state index contributed by atoms with van der Waals surface area (Å²) < 4.78 is 4.86. The third kappa shape index (κ3) is 5.26. The zero-order valence-electron chi connectivity index (χ0n) is 30.7. The highest BCUT2D eigenvalue weighted by atomic mass is 15.0. The fourth-order valence-corrected chi connectivity index (χ4v) is 8.73. The van der Waals surface area contributed by atoms with Crippen molar-refractivity contribution in [2.24, 2.45) is 0 Å². The van der Waals surface area contributed by atoms with Gasteiger partial charge in [-0.2, -0.15) is 0 Å². The standard InChI is InChI=1S/C54H36N2/c1-4-15-37(16-5-1)40-27-30-44(31-28-40)55-50-24-12-10-21-47(50)49-36-41(29-32-52(49)55)46-23-14-26-53-54(46)48-22-11-13-25-51(48)56(53)45-34-42(38-17-6-2-7-18-38)33-43(35-45)39-19-8-3-9-20-39/h1-36H. The van der Waals surface area contributed by atoms with E-state index >= 15 is 0 Å². The van der Waals surface area contributed by atoms with Crippen LogP contribution in [0, 0.1) is 0 Å². The van der Waals surface area contributed by atoms with Crippen molar-refractivity contribution >= 4 is 43.6 Å². The van der Waals surface area contributed by atoms with Gasteiger partial charge < -0.3 is 9.13 Å². The van der Waals surface area contributed by atoms with Gasteiger partial charge in [0.05, 0.1) is 22.1 Å². The van der Waals surface area contributed by atoms with E-state index in [9.17, 15) is 0 Å². The third-order valence-corrected chi connectivity index (χ3v) is 11.3. The Morgan fingerprint density at radius 1 is 0.232 bits per heavy atom. The summed E-state index contributed by atoms with van der Waals surface area (Å²) in [5.74, 6) is 0. The van der Waals surface area contributed by atoms with E-state index in [-0.39, 0.29) is 0 Å². The molecule has 0 radical (unpaired) electrons. The van der Waals surface area contributed by atoms with E-state index in [4.69, 9.17) is 0 Å². The largest absolute Gasteiger partial charge is 0.309 e. The Bertz CT molecular complexity index is 3150. The molecular weight excluding hydrogens is 677 g/mol. The molecule has 0 fully saturated rings. The predicted octanol–water partition coefficient (Wildman–Crippen LogP) is 14.5. The van der Waals surface area contributed by atoms with Crippen LogP contribution < -0.4 is 0 Å². The van der Waals surface area contributed by atoms with Crippen molar-refractivity contribution < 1.29 is 0 Å². The van der Waals surface area contributed by atoms with Crippen LogP contribution in [-0.2, 0) is 0 Å². The molecule has 0 saturated carbocycles. The van der Waals surface area contributed by atoms with Crippen molar-refractivity contribution in [2.75, 3.05) is 0 Å². The number of fused-ring (bicyclic) bond motifs is 6. The number of para-hydroxylation sites is 2. The molecule has 11 rings (SSSR count). The van der Waals surface area contributed by atoms with Crippen molar-refractivity contribution in [1.29, 1.82) is 0 Å². The summed E-state index contributed by atoms with van der Waals surface area (Å²) in [5, 5.41) is 4.99. The van der Waals surface area contributed by atoms with Crippen LogP contribution in [0.1, 0.15) is 0 Å². The average Bonchev–Trinajstić information content (AvgIpc) is 3.80. The first-order valence-corrected chi connectivity index (χ1v) is 19.3. The van der Waals surface area contributed by atoms with Crippen LogP contribution in [0.2, 0.25) is 0 Å². The van der Waals surface area contributed by atoms with Gasteiger partial charge in [0, 0.05) is 32.9 Å².